The third-order valence-corrected chi connectivity index (χ3v) is 6.13. The van der Waals surface area contributed by atoms with Crippen LogP contribution in [0.3, 0.4) is 0 Å². The molecule has 0 atom stereocenters. The Morgan fingerprint density at radius 3 is 2.49 bits per heavy atom. The lowest BCUT2D eigenvalue weighted by atomic mass is 10.1. The maximum atomic E-state index is 13.6. The fraction of sp³-hybridized carbons (Fsp3) is 0.333. The molecular weight excluding hydrogens is 444 g/mol. The number of carbonyl (C=O) groups excluding carboxylic acids is 2. The van der Waals surface area contributed by atoms with Gasteiger partial charge in [0, 0.05) is 23.4 Å². The van der Waals surface area contributed by atoms with Gasteiger partial charge in [0.25, 0.3) is 5.56 Å². The molecule has 0 fully saturated rings. The van der Waals surface area contributed by atoms with E-state index in [1.807, 2.05) is 63.2 Å². The second-order valence-electron chi connectivity index (χ2n) is 8.86. The van der Waals surface area contributed by atoms with Crippen LogP contribution in [0.25, 0.3) is 11.4 Å². The van der Waals surface area contributed by atoms with Crippen molar-refractivity contribution in [1.82, 2.24) is 14.5 Å². The standard InChI is InChI=1S/C27H30N4O4/c1-5-35-27(34)30-13-12-21-23(15-30)29-25(20-10-7-17(2)8-11-20)31(26(21)33)16-24(32)28-22-14-18(3)6-9-19(22)4/h6-11,14H,5,12-13,15-16H2,1-4H3,(H,28,32). The highest BCUT2D eigenvalue weighted by Gasteiger charge is 2.27. The molecule has 182 valence electrons. The zero-order valence-electron chi connectivity index (χ0n) is 20.6. The van der Waals surface area contributed by atoms with E-state index in [4.69, 9.17) is 9.72 Å². The van der Waals surface area contributed by atoms with E-state index >= 15 is 0 Å². The summed E-state index contributed by atoms with van der Waals surface area (Å²) >= 11 is 0. The van der Waals surface area contributed by atoms with E-state index in [0.717, 1.165) is 27.9 Å². The van der Waals surface area contributed by atoms with Gasteiger partial charge in [0.2, 0.25) is 5.91 Å². The fourth-order valence-corrected chi connectivity index (χ4v) is 4.17. The number of benzene rings is 2. The number of fused-ring (bicyclic) bond motifs is 1. The van der Waals surface area contributed by atoms with Crippen molar-refractivity contribution in [1.29, 1.82) is 0 Å². The molecule has 0 bridgehead atoms. The normalized spacial score (nSPS) is 12.7. The van der Waals surface area contributed by atoms with Gasteiger partial charge in [0.1, 0.15) is 12.4 Å². The second-order valence-corrected chi connectivity index (χ2v) is 8.86. The highest BCUT2D eigenvalue weighted by atomic mass is 16.6. The van der Waals surface area contributed by atoms with Crippen LogP contribution in [0.2, 0.25) is 0 Å². The average Bonchev–Trinajstić information content (AvgIpc) is 2.83. The number of anilines is 1. The number of aromatic nitrogens is 2. The SMILES string of the molecule is CCOC(=O)N1CCc2c(nc(-c3ccc(C)cc3)n(CC(=O)Nc3cc(C)ccc3C)c2=O)C1. The molecule has 1 aliphatic rings. The zero-order valence-corrected chi connectivity index (χ0v) is 20.6. The smallest absolute Gasteiger partial charge is 0.410 e. The number of nitrogens with one attached hydrogen (secondary N) is 1. The molecule has 4 rings (SSSR count). The Morgan fingerprint density at radius 1 is 1.06 bits per heavy atom. The van der Waals surface area contributed by atoms with Gasteiger partial charge in [-0.1, -0.05) is 42.0 Å². The molecule has 2 heterocycles. The van der Waals surface area contributed by atoms with Gasteiger partial charge in [-0.2, -0.15) is 0 Å². The summed E-state index contributed by atoms with van der Waals surface area (Å²) in [5.74, 6) is 0.0930. The van der Waals surface area contributed by atoms with Crippen LogP contribution in [0.1, 0.15) is 34.9 Å². The van der Waals surface area contributed by atoms with E-state index in [9.17, 15) is 14.4 Å². The van der Waals surface area contributed by atoms with Crippen molar-refractivity contribution in [3.05, 3.63) is 80.8 Å². The molecule has 0 radical (unpaired) electrons. The number of carbonyl (C=O) groups is 2. The molecule has 0 aliphatic carbocycles. The van der Waals surface area contributed by atoms with Crippen LogP contribution in [-0.4, -0.2) is 39.6 Å². The predicted octanol–water partition coefficient (Wildman–Crippen LogP) is 3.99. The minimum Gasteiger partial charge on any atom is -0.450 e. The fourth-order valence-electron chi connectivity index (χ4n) is 4.17. The molecule has 8 nitrogen and oxygen atoms in total. The van der Waals surface area contributed by atoms with E-state index in [1.54, 1.807) is 11.8 Å². The van der Waals surface area contributed by atoms with Crippen molar-refractivity contribution in [2.45, 2.75) is 47.2 Å². The Bertz CT molecular complexity index is 1330. The predicted molar refractivity (Wildman–Crippen MR) is 134 cm³/mol. The van der Waals surface area contributed by atoms with E-state index < -0.39 is 6.09 Å². The highest BCUT2D eigenvalue weighted by molar-refractivity contribution is 5.91. The average molecular weight is 475 g/mol. The summed E-state index contributed by atoms with van der Waals surface area (Å²) in [7, 11) is 0. The van der Waals surface area contributed by atoms with Gasteiger partial charge in [-0.15, -0.1) is 0 Å². The Balaban J connectivity index is 1.72. The maximum Gasteiger partial charge on any atom is 0.410 e. The van der Waals surface area contributed by atoms with Crippen LogP contribution in [0.4, 0.5) is 10.5 Å². The lowest BCUT2D eigenvalue weighted by Gasteiger charge is -2.28. The summed E-state index contributed by atoms with van der Waals surface area (Å²) in [5.41, 5.74) is 5.30. The van der Waals surface area contributed by atoms with E-state index in [0.29, 0.717) is 30.0 Å². The minimum atomic E-state index is -0.422. The highest BCUT2D eigenvalue weighted by Crippen LogP contribution is 2.23. The molecule has 1 N–H and O–H groups in total. The molecular formula is C27H30N4O4. The van der Waals surface area contributed by atoms with Crippen LogP contribution in [0.15, 0.2) is 47.3 Å². The number of amides is 2. The summed E-state index contributed by atoms with van der Waals surface area (Å²) in [6, 6.07) is 13.5. The second kappa shape index (κ2) is 10.1. The molecule has 1 aliphatic heterocycles. The first-order valence-electron chi connectivity index (χ1n) is 11.7. The quantitative estimate of drug-likeness (QED) is 0.604. The lowest BCUT2D eigenvalue weighted by molar-refractivity contribution is -0.116. The summed E-state index contributed by atoms with van der Waals surface area (Å²) in [6.45, 7) is 8.28. The molecule has 2 amide bonds. The van der Waals surface area contributed by atoms with Gasteiger partial charge in [0.15, 0.2) is 0 Å². The molecule has 8 heteroatoms. The monoisotopic (exact) mass is 474 g/mol. The maximum absolute atomic E-state index is 13.6. The largest absolute Gasteiger partial charge is 0.450 e. The summed E-state index contributed by atoms with van der Waals surface area (Å²) in [5, 5.41) is 2.93. The molecule has 0 saturated heterocycles. The Hall–Kier alpha value is -3.94. The summed E-state index contributed by atoms with van der Waals surface area (Å²) in [6.07, 6.45) is -0.0684. The number of rotatable bonds is 5. The van der Waals surface area contributed by atoms with Gasteiger partial charge >= 0.3 is 6.09 Å². The number of aryl methyl sites for hydroxylation is 3. The lowest BCUT2D eigenvalue weighted by Crippen LogP contribution is -2.42. The van der Waals surface area contributed by atoms with Crippen LogP contribution < -0.4 is 10.9 Å². The first-order chi connectivity index (χ1) is 16.8. The van der Waals surface area contributed by atoms with E-state index in [2.05, 4.69) is 5.32 Å². The first kappa shape index (κ1) is 24.2. The van der Waals surface area contributed by atoms with Gasteiger partial charge in [-0.3, -0.25) is 14.2 Å². The van der Waals surface area contributed by atoms with Gasteiger partial charge in [-0.25, -0.2) is 9.78 Å². The topological polar surface area (TPSA) is 93.5 Å². The molecule has 2 aromatic carbocycles. The summed E-state index contributed by atoms with van der Waals surface area (Å²) in [4.78, 5) is 45.2. The van der Waals surface area contributed by atoms with Crippen molar-refractivity contribution < 1.29 is 14.3 Å². The van der Waals surface area contributed by atoms with Crippen molar-refractivity contribution >= 4 is 17.7 Å². The number of hydrogen-bond donors (Lipinski definition) is 1. The van der Waals surface area contributed by atoms with Gasteiger partial charge in [-0.05, 0) is 51.3 Å². The number of hydrogen-bond acceptors (Lipinski definition) is 5. The number of ether oxygens (including phenoxy) is 1. The zero-order chi connectivity index (χ0) is 25.1. The van der Waals surface area contributed by atoms with Gasteiger partial charge < -0.3 is 15.0 Å². The van der Waals surface area contributed by atoms with Crippen molar-refractivity contribution in [2.75, 3.05) is 18.5 Å². The first-order valence-corrected chi connectivity index (χ1v) is 11.7. The van der Waals surface area contributed by atoms with Crippen molar-refractivity contribution in [2.24, 2.45) is 0 Å². The van der Waals surface area contributed by atoms with Crippen LogP contribution >= 0.6 is 0 Å². The Kier molecular flexibility index (Phi) is 7.00. The summed E-state index contributed by atoms with van der Waals surface area (Å²) < 4.78 is 6.56. The van der Waals surface area contributed by atoms with E-state index in [-0.39, 0.29) is 31.2 Å². The van der Waals surface area contributed by atoms with Gasteiger partial charge in [0.05, 0.1) is 18.8 Å². The molecule has 0 saturated carbocycles. The molecule has 1 aromatic heterocycles. The number of nitrogens with zero attached hydrogens (tertiary/aromatic N) is 3. The Morgan fingerprint density at radius 2 is 1.77 bits per heavy atom. The Labute approximate surface area is 204 Å². The molecule has 0 spiro atoms. The third kappa shape index (κ3) is 5.26. The van der Waals surface area contributed by atoms with Crippen LogP contribution in [0, 0.1) is 20.8 Å². The van der Waals surface area contributed by atoms with Crippen LogP contribution in [-0.2, 0) is 29.0 Å². The minimum absolute atomic E-state index is 0.169. The van der Waals surface area contributed by atoms with Crippen LogP contribution in [0.5, 0.6) is 0 Å². The third-order valence-electron chi connectivity index (χ3n) is 6.13. The molecule has 0 unspecified atom stereocenters. The van der Waals surface area contributed by atoms with Crippen molar-refractivity contribution in [3.63, 3.8) is 0 Å². The molecule has 3 aromatic rings. The molecule has 35 heavy (non-hydrogen) atoms. The van der Waals surface area contributed by atoms with E-state index in [1.165, 1.54) is 4.57 Å². The van der Waals surface area contributed by atoms with Crippen molar-refractivity contribution in [3.8, 4) is 11.4 Å².